The van der Waals surface area contributed by atoms with Crippen LogP contribution in [-0.4, -0.2) is 22.1 Å². The van der Waals surface area contributed by atoms with Crippen LogP contribution in [0.4, 0.5) is 0 Å². The van der Waals surface area contributed by atoms with E-state index in [2.05, 4.69) is 4.98 Å². The highest BCUT2D eigenvalue weighted by Gasteiger charge is 2.14. The molecule has 18 heavy (non-hydrogen) atoms. The molecule has 0 spiro atoms. The number of hydrogen-bond acceptors (Lipinski definition) is 3. The van der Waals surface area contributed by atoms with Crippen molar-refractivity contribution in [1.82, 2.24) is 4.98 Å². The Kier molecular flexibility index (Phi) is 3.69. The molecule has 1 aromatic carbocycles. The zero-order valence-corrected chi connectivity index (χ0v) is 9.78. The van der Waals surface area contributed by atoms with Gasteiger partial charge in [-0.3, -0.25) is 9.78 Å². The first kappa shape index (κ1) is 12.3. The molecule has 2 rings (SSSR count). The van der Waals surface area contributed by atoms with Gasteiger partial charge >= 0.3 is 5.97 Å². The van der Waals surface area contributed by atoms with E-state index in [4.69, 9.17) is 10.8 Å². The summed E-state index contributed by atoms with van der Waals surface area (Å²) in [6.45, 7) is 0. The third-order valence-corrected chi connectivity index (χ3v) is 2.77. The standard InChI is InChI=1S/C14H14N2O2/c15-13(14(17)18)9-11-3-1-2-4-12(11)10-5-7-16-8-6-10/h1-8,13H,9,15H2,(H,17,18). The number of benzene rings is 1. The van der Waals surface area contributed by atoms with Crippen molar-refractivity contribution in [3.8, 4) is 11.1 Å². The van der Waals surface area contributed by atoms with E-state index in [1.165, 1.54) is 0 Å². The van der Waals surface area contributed by atoms with Gasteiger partial charge in [-0.2, -0.15) is 0 Å². The van der Waals surface area contributed by atoms with Crippen LogP contribution in [0.3, 0.4) is 0 Å². The average molecular weight is 242 g/mol. The normalized spacial score (nSPS) is 12.1. The summed E-state index contributed by atoms with van der Waals surface area (Å²) in [6, 6.07) is 10.6. The van der Waals surface area contributed by atoms with Gasteiger partial charge in [-0.1, -0.05) is 24.3 Å². The Hall–Kier alpha value is -2.20. The monoisotopic (exact) mass is 242 g/mol. The van der Waals surface area contributed by atoms with E-state index >= 15 is 0 Å². The maximum Gasteiger partial charge on any atom is 0.320 e. The minimum Gasteiger partial charge on any atom is -0.480 e. The molecule has 1 atom stereocenters. The Morgan fingerprint density at radius 1 is 1.22 bits per heavy atom. The van der Waals surface area contributed by atoms with Gasteiger partial charge in [0, 0.05) is 12.4 Å². The fourth-order valence-corrected chi connectivity index (χ4v) is 1.84. The summed E-state index contributed by atoms with van der Waals surface area (Å²) in [7, 11) is 0. The van der Waals surface area contributed by atoms with Crippen LogP contribution < -0.4 is 5.73 Å². The molecule has 0 aliphatic heterocycles. The fraction of sp³-hybridized carbons (Fsp3) is 0.143. The smallest absolute Gasteiger partial charge is 0.320 e. The average Bonchev–Trinajstić information content (AvgIpc) is 2.40. The number of carbonyl (C=O) groups is 1. The lowest BCUT2D eigenvalue weighted by atomic mass is 9.96. The van der Waals surface area contributed by atoms with Crippen LogP contribution in [-0.2, 0) is 11.2 Å². The molecule has 4 heteroatoms. The van der Waals surface area contributed by atoms with Crippen LogP contribution in [0.5, 0.6) is 0 Å². The summed E-state index contributed by atoms with van der Waals surface area (Å²) >= 11 is 0. The van der Waals surface area contributed by atoms with Crippen LogP contribution in [0.15, 0.2) is 48.8 Å². The zero-order valence-electron chi connectivity index (χ0n) is 9.78. The quantitative estimate of drug-likeness (QED) is 0.855. The maximum absolute atomic E-state index is 10.8. The molecule has 0 saturated carbocycles. The van der Waals surface area contributed by atoms with E-state index in [0.717, 1.165) is 16.7 Å². The molecular formula is C14H14N2O2. The van der Waals surface area contributed by atoms with Gasteiger partial charge in [0.15, 0.2) is 0 Å². The lowest BCUT2D eigenvalue weighted by Gasteiger charge is -2.11. The van der Waals surface area contributed by atoms with Gasteiger partial charge in [0.05, 0.1) is 0 Å². The molecule has 3 N–H and O–H groups in total. The summed E-state index contributed by atoms with van der Waals surface area (Å²) in [6.07, 6.45) is 3.74. The van der Waals surface area contributed by atoms with Crippen molar-refractivity contribution in [2.45, 2.75) is 12.5 Å². The topological polar surface area (TPSA) is 76.2 Å². The molecular weight excluding hydrogens is 228 g/mol. The SMILES string of the molecule is NC(Cc1ccccc1-c1ccncc1)C(=O)O. The van der Waals surface area contributed by atoms with E-state index in [1.807, 2.05) is 36.4 Å². The van der Waals surface area contributed by atoms with Crippen LogP contribution in [0.2, 0.25) is 0 Å². The van der Waals surface area contributed by atoms with Gasteiger partial charge in [-0.05, 0) is 35.2 Å². The Morgan fingerprint density at radius 3 is 2.56 bits per heavy atom. The van der Waals surface area contributed by atoms with E-state index in [0.29, 0.717) is 6.42 Å². The van der Waals surface area contributed by atoms with Gasteiger partial charge in [0.1, 0.15) is 6.04 Å². The van der Waals surface area contributed by atoms with Gasteiger partial charge in [-0.15, -0.1) is 0 Å². The maximum atomic E-state index is 10.8. The van der Waals surface area contributed by atoms with Crippen molar-refractivity contribution in [3.63, 3.8) is 0 Å². The third-order valence-electron chi connectivity index (χ3n) is 2.77. The molecule has 4 nitrogen and oxygen atoms in total. The van der Waals surface area contributed by atoms with E-state index in [1.54, 1.807) is 12.4 Å². The second-order valence-electron chi connectivity index (χ2n) is 4.04. The summed E-state index contributed by atoms with van der Waals surface area (Å²) in [4.78, 5) is 14.8. The van der Waals surface area contributed by atoms with Crippen molar-refractivity contribution in [2.24, 2.45) is 5.73 Å². The summed E-state index contributed by atoms with van der Waals surface area (Å²) in [5, 5.41) is 8.87. The minimum absolute atomic E-state index is 0.313. The fourth-order valence-electron chi connectivity index (χ4n) is 1.84. The number of aliphatic carboxylic acids is 1. The molecule has 92 valence electrons. The van der Waals surface area contributed by atoms with Crippen LogP contribution in [0.25, 0.3) is 11.1 Å². The highest BCUT2D eigenvalue weighted by molar-refractivity contribution is 5.75. The highest BCUT2D eigenvalue weighted by atomic mass is 16.4. The molecule has 0 radical (unpaired) electrons. The van der Waals surface area contributed by atoms with Crippen LogP contribution in [0.1, 0.15) is 5.56 Å². The number of carboxylic acids is 1. The highest BCUT2D eigenvalue weighted by Crippen LogP contribution is 2.23. The summed E-state index contributed by atoms with van der Waals surface area (Å²) < 4.78 is 0. The molecule has 0 aliphatic rings. The van der Waals surface area contributed by atoms with Crippen LogP contribution in [0, 0.1) is 0 Å². The van der Waals surface area contributed by atoms with Gasteiger partial charge in [0.25, 0.3) is 0 Å². The molecule has 0 bridgehead atoms. The molecule has 0 aliphatic carbocycles. The minimum atomic E-state index is -0.987. The number of carboxylic acid groups (broad SMARTS) is 1. The molecule has 2 aromatic rings. The van der Waals surface area contributed by atoms with Crippen LogP contribution >= 0.6 is 0 Å². The number of nitrogens with zero attached hydrogens (tertiary/aromatic N) is 1. The lowest BCUT2D eigenvalue weighted by molar-refractivity contribution is -0.138. The predicted molar refractivity (Wildman–Crippen MR) is 69.0 cm³/mol. The van der Waals surface area contributed by atoms with Crippen molar-refractivity contribution >= 4 is 5.97 Å². The lowest BCUT2D eigenvalue weighted by Crippen LogP contribution is -2.32. The first-order valence-electron chi connectivity index (χ1n) is 5.65. The largest absolute Gasteiger partial charge is 0.480 e. The van der Waals surface area contributed by atoms with E-state index < -0.39 is 12.0 Å². The van der Waals surface area contributed by atoms with E-state index in [9.17, 15) is 4.79 Å². The molecule has 0 saturated heterocycles. The Labute approximate surface area is 105 Å². The van der Waals surface area contributed by atoms with Gasteiger partial charge in [-0.25, -0.2) is 0 Å². The van der Waals surface area contributed by atoms with Gasteiger partial charge in [0.2, 0.25) is 0 Å². The zero-order chi connectivity index (χ0) is 13.0. The molecule has 0 fully saturated rings. The van der Waals surface area contributed by atoms with Gasteiger partial charge < -0.3 is 10.8 Å². The van der Waals surface area contributed by atoms with Crippen molar-refractivity contribution in [1.29, 1.82) is 0 Å². The number of rotatable bonds is 4. The van der Waals surface area contributed by atoms with Crippen molar-refractivity contribution < 1.29 is 9.90 Å². The number of nitrogens with two attached hydrogens (primary N) is 1. The summed E-state index contributed by atoms with van der Waals surface area (Å²) in [5.74, 6) is -0.987. The molecule has 1 aromatic heterocycles. The first-order valence-corrected chi connectivity index (χ1v) is 5.65. The predicted octanol–water partition coefficient (Wildman–Crippen LogP) is 1.70. The van der Waals surface area contributed by atoms with Crippen molar-refractivity contribution in [3.05, 3.63) is 54.4 Å². The molecule has 0 amide bonds. The first-order chi connectivity index (χ1) is 8.68. The molecule has 1 heterocycles. The second-order valence-corrected chi connectivity index (χ2v) is 4.04. The second kappa shape index (κ2) is 5.42. The Bertz CT molecular complexity index is 541. The third kappa shape index (κ3) is 2.73. The Balaban J connectivity index is 2.35. The summed E-state index contributed by atoms with van der Waals surface area (Å²) in [5.41, 5.74) is 8.52. The van der Waals surface area contributed by atoms with E-state index in [-0.39, 0.29) is 0 Å². The number of aromatic nitrogens is 1. The Morgan fingerprint density at radius 2 is 1.89 bits per heavy atom. The molecule has 1 unspecified atom stereocenters. The van der Waals surface area contributed by atoms with Crippen molar-refractivity contribution in [2.75, 3.05) is 0 Å². The number of hydrogen-bond donors (Lipinski definition) is 2. The number of pyridine rings is 1.